The fourth-order valence-corrected chi connectivity index (χ4v) is 1.63. The Bertz CT molecular complexity index is 599. The van der Waals surface area contributed by atoms with Gasteiger partial charge in [-0.2, -0.15) is 0 Å². The van der Waals surface area contributed by atoms with Gasteiger partial charge in [-0.05, 0) is 33.6 Å². The van der Waals surface area contributed by atoms with Crippen LogP contribution in [-0.2, 0) is 18.0 Å². The highest BCUT2D eigenvalue weighted by Crippen LogP contribution is 2.17. The van der Waals surface area contributed by atoms with Gasteiger partial charge in [0.25, 0.3) is 0 Å². The fraction of sp³-hybridized carbons (Fsp3) is 0.167. The van der Waals surface area contributed by atoms with Crippen molar-refractivity contribution in [2.75, 3.05) is 0 Å². The molecule has 1 aromatic heterocycles. The number of hydrogen-bond acceptors (Lipinski definition) is 4. The third kappa shape index (κ3) is 3.62. The van der Waals surface area contributed by atoms with E-state index in [-0.39, 0.29) is 24.7 Å². The van der Waals surface area contributed by atoms with Gasteiger partial charge in [-0.3, -0.25) is 0 Å². The maximum absolute atomic E-state index is 13.2. The van der Waals surface area contributed by atoms with Crippen molar-refractivity contribution in [1.82, 2.24) is 5.16 Å². The molecule has 0 saturated heterocycles. The van der Waals surface area contributed by atoms with Gasteiger partial charge in [-0.15, -0.1) is 0 Å². The monoisotopic (exact) mass is 329 g/mol. The van der Waals surface area contributed by atoms with E-state index < -0.39 is 5.97 Å². The molecular weight excluding hydrogens is 321 g/mol. The second kappa shape index (κ2) is 5.94. The summed E-state index contributed by atoms with van der Waals surface area (Å²) in [7, 11) is 0. The van der Waals surface area contributed by atoms with Crippen molar-refractivity contribution in [2.45, 2.75) is 13.2 Å². The van der Waals surface area contributed by atoms with Gasteiger partial charge in [-0.1, -0.05) is 11.2 Å². The highest BCUT2D eigenvalue weighted by molar-refractivity contribution is 9.10. The van der Waals surface area contributed by atoms with Crippen LogP contribution in [0.15, 0.2) is 33.3 Å². The van der Waals surface area contributed by atoms with Gasteiger partial charge in [0.15, 0.2) is 11.5 Å². The second-order valence-corrected chi connectivity index (χ2v) is 4.58. The minimum absolute atomic E-state index is 0.0674. The molecule has 0 bridgehead atoms. The van der Waals surface area contributed by atoms with Crippen LogP contribution >= 0.6 is 15.9 Å². The molecule has 0 aliphatic heterocycles. The SMILES string of the molecule is O=C(O)c1cc(COCc2ccc(Br)c(F)c2)on1. The number of nitrogens with zero attached hydrogens (tertiary/aromatic N) is 1. The van der Waals surface area contributed by atoms with Crippen molar-refractivity contribution in [1.29, 1.82) is 0 Å². The summed E-state index contributed by atoms with van der Waals surface area (Å²) in [6.45, 7) is 0.255. The smallest absolute Gasteiger partial charge is 0.358 e. The van der Waals surface area contributed by atoms with Gasteiger partial charge in [0.1, 0.15) is 12.4 Å². The molecule has 0 fully saturated rings. The molecule has 5 nitrogen and oxygen atoms in total. The Morgan fingerprint density at radius 1 is 1.42 bits per heavy atom. The molecule has 0 amide bonds. The van der Waals surface area contributed by atoms with Crippen molar-refractivity contribution in [3.63, 3.8) is 0 Å². The molecule has 0 radical (unpaired) electrons. The lowest BCUT2D eigenvalue weighted by atomic mass is 10.2. The van der Waals surface area contributed by atoms with Crippen molar-refractivity contribution >= 4 is 21.9 Å². The van der Waals surface area contributed by atoms with Crippen LogP contribution in [0.4, 0.5) is 4.39 Å². The molecule has 0 saturated carbocycles. The van der Waals surface area contributed by atoms with E-state index in [0.717, 1.165) is 0 Å². The molecule has 0 aliphatic carbocycles. The van der Waals surface area contributed by atoms with Crippen LogP contribution in [0.5, 0.6) is 0 Å². The first-order valence-corrected chi connectivity index (χ1v) is 6.06. The number of rotatable bonds is 5. The molecular formula is C12H9BrFNO4. The van der Waals surface area contributed by atoms with Crippen molar-refractivity contribution in [2.24, 2.45) is 0 Å². The van der Waals surface area contributed by atoms with Gasteiger partial charge in [0.2, 0.25) is 0 Å². The summed E-state index contributed by atoms with van der Waals surface area (Å²) >= 11 is 3.06. The molecule has 2 aromatic rings. The minimum atomic E-state index is -1.16. The summed E-state index contributed by atoms with van der Waals surface area (Å²) in [4.78, 5) is 10.6. The van der Waals surface area contributed by atoms with Gasteiger partial charge in [0.05, 0.1) is 11.1 Å². The predicted molar refractivity (Wildman–Crippen MR) is 66.1 cm³/mol. The van der Waals surface area contributed by atoms with Crippen LogP contribution < -0.4 is 0 Å². The molecule has 100 valence electrons. The summed E-state index contributed by atoms with van der Waals surface area (Å²) in [5.74, 6) is -1.23. The maximum Gasteiger partial charge on any atom is 0.358 e. The summed E-state index contributed by atoms with van der Waals surface area (Å²) in [6, 6.07) is 5.94. The first-order chi connectivity index (χ1) is 9.06. The van der Waals surface area contributed by atoms with Gasteiger partial charge >= 0.3 is 5.97 Å². The highest BCUT2D eigenvalue weighted by Gasteiger charge is 2.10. The molecule has 2 rings (SSSR count). The Kier molecular flexibility index (Phi) is 4.28. The van der Waals surface area contributed by atoms with Crippen LogP contribution in [-0.4, -0.2) is 16.2 Å². The summed E-state index contributed by atoms with van der Waals surface area (Å²) in [5.41, 5.74) is 0.493. The molecule has 1 N–H and O–H groups in total. The number of ether oxygens (including phenoxy) is 1. The van der Waals surface area contributed by atoms with E-state index in [1.807, 2.05) is 0 Å². The molecule has 19 heavy (non-hydrogen) atoms. The first kappa shape index (κ1) is 13.7. The molecule has 7 heteroatoms. The Hall–Kier alpha value is -1.73. The van der Waals surface area contributed by atoms with Crippen LogP contribution in [0.25, 0.3) is 0 Å². The van der Waals surface area contributed by atoms with Crippen molar-refractivity contribution in [3.8, 4) is 0 Å². The zero-order valence-corrected chi connectivity index (χ0v) is 11.2. The third-order valence-electron chi connectivity index (χ3n) is 2.28. The zero-order chi connectivity index (χ0) is 13.8. The van der Waals surface area contributed by atoms with E-state index in [0.29, 0.717) is 15.8 Å². The largest absolute Gasteiger partial charge is 0.476 e. The molecule has 1 heterocycles. The molecule has 0 aliphatic rings. The number of halogens is 2. The van der Waals surface area contributed by atoms with Crippen LogP contribution in [0.3, 0.4) is 0 Å². The van der Waals surface area contributed by atoms with Crippen LogP contribution in [0.1, 0.15) is 21.8 Å². The number of aromatic carboxylic acids is 1. The van der Waals surface area contributed by atoms with E-state index in [2.05, 4.69) is 21.1 Å². The number of carbonyl (C=O) groups is 1. The Balaban J connectivity index is 1.88. The number of carboxylic acids is 1. The Morgan fingerprint density at radius 2 is 2.21 bits per heavy atom. The maximum atomic E-state index is 13.2. The van der Waals surface area contributed by atoms with Crippen LogP contribution in [0.2, 0.25) is 0 Å². The number of hydrogen-bond donors (Lipinski definition) is 1. The number of carboxylic acid groups (broad SMARTS) is 1. The number of benzene rings is 1. The lowest BCUT2D eigenvalue weighted by Crippen LogP contribution is -1.95. The van der Waals surface area contributed by atoms with Crippen molar-refractivity contribution in [3.05, 3.63) is 51.6 Å². The van der Waals surface area contributed by atoms with Gasteiger partial charge in [-0.25, -0.2) is 9.18 Å². The molecule has 0 atom stereocenters. The quantitative estimate of drug-likeness (QED) is 0.912. The van der Waals surface area contributed by atoms with E-state index >= 15 is 0 Å². The van der Waals surface area contributed by atoms with E-state index in [1.165, 1.54) is 12.1 Å². The average molecular weight is 330 g/mol. The standard InChI is InChI=1S/C12H9BrFNO4/c13-9-2-1-7(3-10(9)14)5-18-6-8-4-11(12(16)17)15-19-8/h1-4H,5-6H2,(H,16,17). The number of aromatic nitrogens is 1. The normalized spacial score (nSPS) is 10.6. The topological polar surface area (TPSA) is 72.6 Å². The van der Waals surface area contributed by atoms with Crippen molar-refractivity contribution < 1.29 is 23.6 Å². The Morgan fingerprint density at radius 3 is 2.84 bits per heavy atom. The summed E-state index contributed by atoms with van der Waals surface area (Å²) < 4.78 is 23.7. The van der Waals surface area contributed by atoms with E-state index in [9.17, 15) is 9.18 Å². The molecule has 0 spiro atoms. The summed E-state index contributed by atoms with van der Waals surface area (Å²) in [5, 5.41) is 12.0. The predicted octanol–water partition coefficient (Wildman–Crippen LogP) is 2.99. The average Bonchev–Trinajstić information content (AvgIpc) is 2.83. The highest BCUT2D eigenvalue weighted by atomic mass is 79.9. The van der Waals surface area contributed by atoms with Gasteiger partial charge < -0.3 is 14.4 Å². The molecule has 1 aromatic carbocycles. The van der Waals surface area contributed by atoms with Gasteiger partial charge in [0, 0.05) is 6.07 Å². The minimum Gasteiger partial charge on any atom is -0.476 e. The fourth-order valence-electron chi connectivity index (χ4n) is 1.38. The zero-order valence-electron chi connectivity index (χ0n) is 9.60. The second-order valence-electron chi connectivity index (χ2n) is 3.72. The Labute approximate surface area is 116 Å². The van der Waals surface area contributed by atoms with E-state index in [1.54, 1.807) is 12.1 Å². The third-order valence-corrected chi connectivity index (χ3v) is 2.92. The lowest BCUT2D eigenvalue weighted by molar-refractivity contribution is 0.0683. The van der Waals surface area contributed by atoms with Crippen LogP contribution in [0, 0.1) is 5.82 Å². The van der Waals surface area contributed by atoms with E-state index in [4.69, 9.17) is 14.4 Å². The first-order valence-electron chi connectivity index (χ1n) is 5.27. The molecule has 0 unspecified atom stereocenters. The summed E-state index contributed by atoms with van der Waals surface area (Å²) in [6.07, 6.45) is 0. The lowest BCUT2D eigenvalue weighted by Gasteiger charge is -2.03.